The Kier molecular flexibility index (Phi) is 7.90. The van der Waals surface area contributed by atoms with Gasteiger partial charge >= 0.3 is 0 Å². The summed E-state index contributed by atoms with van der Waals surface area (Å²) in [6.07, 6.45) is 11.9. The standard InChI is InChI=1S/C12H21NO/c1-11(2)9-7-5-3-4-6-8-10-12(13)14/h4,6,8,10-11H,3,5,7,9H2,1-2H3,(H2,13,14)/b6-4+,10-8-. The maximum absolute atomic E-state index is 10.3. The van der Waals surface area contributed by atoms with Crippen molar-refractivity contribution in [1.29, 1.82) is 0 Å². The summed E-state index contributed by atoms with van der Waals surface area (Å²) in [5.41, 5.74) is 4.93. The zero-order valence-corrected chi connectivity index (χ0v) is 9.20. The molecule has 0 heterocycles. The van der Waals surface area contributed by atoms with Crippen LogP contribution in [-0.2, 0) is 4.79 Å². The van der Waals surface area contributed by atoms with E-state index in [-0.39, 0.29) is 0 Å². The lowest BCUT2D eigenvalue weighted by atomic mass is 10.1. The minimum atomic E-state index is -0.394. The molecule has 0 aromatic carbocycles. The molecule has 0 atom stereocenters. The number of allylic oxidation sites excluding steroid dienone is 3. The Labute approximate surface area is 86.9 Å². The van der Waals surface area contributed by atoms with E-state index in [4.69, 9.17) is 5.73 Å². The molecule has 1 amide bonds. The molecule has 2 nitrogen and oxygen atoms in total. The molecule has 80 valence electrons. The number of hydrogen-bond acceptors (Lipinski definition) is 1. The van der Waals surface area contributed by atoms with Gasteiger partial charge in [0.2, 0.25) is 5.91 Å². The monoisotopic (exact) mass is 195 g/mol. The molecule has 0 unspecified atom stereocenters. The highest BCUT2D eigenvalue weighted by Gasteiger charge is 1.91. The van der Waals surface area contributed by atoms with Crippen molar-refractivity contribution in [2.75, 3.05) is 0 Å². The highest BCUT2D eigenvalue weighted by atomic mass is 16.1. The molecule has 14 heavy (non-hydrogen) atoms. The number of hydrogen-bond donors (Lipinski definition) is 1. The highest BCUT2D eigenvalue weighted by Crippen LogP contribution is 2.08. The topological polar surface area (TPSA) is 43.1 Å². The van der Waals surface area contributed by atoms with Crippen molar-refractivity contribution in [1.82, 2.24) is 0 Å². The van der Waals surface area contributed by atoms with Crippen LogP contribution in [0.3, 0.4) is 0 Å². The molecule has 0 radical (unpaired) electrons. The summed E-state index contributed by atoms with van der Waals surface area (Å²) >= 11 is 0. The van der Waals surface area contributed by atoms with Gasteiger partial charge in [0.1, 0.15) is 0 Å². The summed E-state index contributed by atoms with van der Waals surface area (Å²) in [6, 6.07) is 0. The molecule has 2 heteroatoms. The number of amides is 1. The van der Waals surface area contributed by atoms with E-state index in [9.17, 15) is 4.79 Å². The lowest BCUT2D eigenvalue weighted by Crippen LogP contribution is -2.04. The van der Waals surface area contributed by atoms with Gasteiger partial charge in [0.25, 0.3) is 0 Å². The molecule has 0 fully saturated rings. The summed E-state index contributed by atoms with van der Waals surface area (Å²) in [4.78, 5) is 10.3. The Balaban J connectivity index is 3.31. The van der Waals surface area contributed by atoms with Crippen molar-refractivity contribution >= 4 is 5.91 Å². The first kappa shape index (κ1) is 12.9. The van der Waals surface area contributed by atoms with Crippen LogP contribution in [0.1, 0.15) is 39.5 Å². The normalized spacial score (nSPS) is 11.9. The van der Waals surface area contributed by atoms with Gasteiger partial charge in [-0.1, -0.05) is 44.9 Å². The van der Waals surface area contributed by atoms with Crippen LogP contribution in [-0.4, -0.2) is 5.91 Å². The second-order valence-electron chi connectivity index (χ2n) is 3.87. The van der Waals surface area contributed by atoms with Gasteiger partial charge in [-0.3, -0.25) is 4.79 Å². The van der Waals surface area contributed by atoms with Crippen molar-refractivity contribution in [3.8, 4) is 0 Å². The third-order valence-corrected chi connectivity index (χ3v) is 1.91. The number of unbranched alkanes of at least 4 members (excludes halogenated alkanes) is 2. The van der Waals surface area contributed by atoms with Gasteiger partial charge in [-0.2, -0.15) is 0 Å². The van der Waals surface area contributed by atoms with E-state index in [2.05, 4.69) is 19.9 Å². The fraction of sp³-hybridized carbons (Fsp3) is 0.583. The Morgan fingerprint density at radius 3 is 2.57 bits per heavy atom. The zero-order valence-electron chi connectivity index (χ0n) is 9.20. The van der Waals surface area contributed by atoms with Gasteiger partial charge in [0, 0.05) is 6.08 Å². The molecular formula is C12H21NO. The van der Waals surface area contributed by atoms with E-state index in [0.29, 0.717) is 0 Å². The van der Waals surface area contributed by atoms with Crippen molar-refractivity contribution in [2.45, 2.75) is 39.5 Å². The van der Waals surface area contributed by atoms with Gasteiger partial charge in [0.05, 0.1) is 0 Å². The molecule has 0 aromatic rings. The number of carbonyl (C=O) groups is 1. The molecule has 0 aliphatic heterocycles. The average molecular weight is 195 g/mol. The van der Waals surface area contributed by atoms with Crippen LogP contribution in [0.25, 0.3) is 0 Å². The maximum Gasteiger partial charge on any atom is 0.241 e. The second-order valence-corrected chi connectivity index (χ2v) is 3.87. The fourth-order valence-electron chi connectivity index (χ4n) is 1.14. The minimum Gasteiger partial charge on any atom is -0.366 e. The second kappa shape index (κ2) is 8.54. The molecule has 0 bridgehead atoms. The lowest BCUT2D eigenvalue weighted by Gasteiger charge is -2.01. The Bertz CT molecular complexity index is 204. The summed E-state index contributed by atoms with van der Waals surface area (Å²) < 4.78 is 0. The van der Waals surface area contributed by atoms with Crippen molar-refractivity contribution in [3.63, 3.8) is 0 Å². The van der Waals surface area contributed by atoms with Crippen LogP contribution in [0, 0.1) is 5.92 Å². The van der Waals surface area contributed by atoms with E-state index in [1.54, 1.807) is 6.08 Å². The number of rotatable bonds is 7. The van der Waals surface area contributed by atoms with E-state index < -0.39 is 5.91 Å². The van der Waals surface area contributed by atoms with Gasteiger partial charge in [-0.15, -0.1) is 0 Å². The fourth-order valence-corrected chi connectivity index (χ4v) is 1.14. The third-order valence-electron chi connectivity index (χ3n) is 1.91. The van der Waals surface area contributed by atoms with E-state index in [1.807, 2.05) is 6.08 Å². The minimum absolute atomic E-state index is 0.394. The lowest BCUT2D eigenvalue weighted by molar-refractivity contribution is -0.113. The van der Waals surface area contributed by atoms with E-state index in [0.717, 1.165) is 12.3 Å². The molecule has 2 N–H and O–H groups in total. The molecule has 0 spiro atoms. The number of nitrogens with two attached hydrogens (primary N) is 1. The van der Waals surface area contributed by atoms with Crippen LogP contribution in [0.4, 0.5) is 0 Å². The van der Waals surface area contributed by atoms with Crippen LogP contribution in [0.15, 0.2) is 24.3 Å². The molecular weight excluding hydrogens is 174 g/mol. The first-order chi connectivity index (χ1) is 6.63. The van der Waals surface area contributed by atoms with E-state index >= 15 is 0 Å². The van der Waals surface area contributed by atoms with Crippen molar-refractivity contribution < 1.29 is 4.79 Å². The summed E-state index contributed by atoms with van der Waals surface area (Å²) in [5.74, 6) is 0.406. The first-order valence-corrected chi connectivity index (χ1v) is 5.25. The Morgan fingerprint density at radius 1 is 1.29 bits per heavy atom. The Morgan fingerprint density at radius 2 is 2.00 bits per heavy atom. The Hall–Kier alpha value is -1.05. The molecule has 0 aliphatic carbocycles. The number of primary amides is 1. The highest BCUT2D eigenvalue weighted by molar-refractivity contribution is 5.85. The SMILES string of the molecule is CC(C)CCCC/C=C/C=C\C(N)=O. The molecule has 0 aliphatic rings. The van der Waals surface area contributed by atoms with Crippen LogP contribution >= 0.6 is 0 Å². The van der Waals surface area contributed by atoms with Crippen LogP contribution in [0.5, 0.6) is 0 Å². The average Bonchev–Trinajstić information content (AvgIpc) is 2.08. The predicted molar refractivity (Wildman–Crippen MR) is 60.8 cm³/mol. The third kappa shape index (κ3) is 11.0. The van der Waals surface area contributed by atoms with Gasteiger partial charge in [-0.05, 0) is 18.8 Å². The molecule has 0 saturated carbocycles. The zero-order chi connectivity index (χ0) is 10.8. The summed E-state index contributed by atoms with van der Waals surface area (Å²) in [5, 5.41) is 0. The van der Waals surface area contributed by atoms with E-state index in [1.165, 1.54) is 25.3 Å². The molecule has 0 aromatic heterocycles. The maximum atomic E-state index is 10.3. The van der Waals surface area contributed by atoms with Gasteiger partial charge in [-0.25, -0.2) is 0 Å². The smallest absolute Gasteiger partial charge is 0.241 e. The van der Waals surface area contributed by atoms with Crippen molar-refractivity contribution in [2.24, 2.45) is 11.7 Å². The summed E-state index contributed by atoms with van der Waals surface area (Å²) in [7, 11) is 0. The van der Waals surface area contributed by atoms with Crippen molar-refractivity contribution in [3.05, 3.63) is 24.3 Å². The quantitative estimate of drug-likeness (QED) is 0.379. The number of carbonyl (C=O) groups excluding carboxylic acids is 1. The summed E-state index contributed by atoms with van der Waals surface area (Å²) in [6.45, 7) is 4.48. The largest absolute Gasteiger partial charge is 0.366 e. The predicted octanol–water partition coefficient (Wildman–Crippen LogP) is 2.80. The first-order valence-electron chi connectivity index (χ1n) is 5.25. The van der Waals surface area contributed by atoms with Crippen LogP contribution in [0.2, 0.25) is 0 Å². The molecule has 0 saturated heterocycles. The molecule has 0 rings (SSSR count). The van der Waals surface area contributed by atoms with Gasteiger partial charge < -0.3 is 5.73 Å². The van der Waals surface area contributed by atoms with Gasteiger partial charge in [0.15, 0.2) is 0 Å². The van der Waals surface area contributed by atoms with Crippen LogP contribution < -0.4 is 5.73 Å².